The predicted octanol–water partition coefficient (Wildman–Crippen LogP) is 2.15. The number of ether oxygens (including phenoxy) is 4. The maximum Gasteiger partial charge on any atom is 0.329 e. The molecule has 1 aromatic rings. The van der Waals surface area contributed by atoms with Gasteiger partial charge in [0.25, 0.3) is 0 Å². The number of methoxy groups -OCH3 is 1. The number of hydrogen-bond acceptors (Lipinski definition) is 7. The third-order valence-corrected chi connectivity index (χ3v) is 4.87. The number of rotatable bonds is 6. The SMILES string of the molecule is CCOC(=O)C(Nc1ccc(OC)cc1)[C@H]1CC2(CCC1=O)OCCO2. The summed E-state index contributed by atoms with van der Waals surface area (Å²) >= 11 is 0. The van der Waals surface area contributed by atoms with Gasteiger partial charge >= 0.3 is 5.97 Å². The highest BCUT2D eigenvalue weighted by Gasteiger charge is 2.49. The van der Waals surface area contributed by atoms with Crippen LogP contribution in [0.15, 0.2) is 24.3 Å². The van der Waals surface area contributed by atoms with E-state index in [1.807, 2.05) is 0 Å². The van der Waals surface area contributed by atoms with Crippen LogP contribution < -0.4 is 10.1 Å². The standard InChI is InChI=1S/C19H25NO6/c1-3-24-18(22)17(20-13-4-6-14(23-2)7-5-13)15-12-19(9-8-16(15)21)25-10-11-26-19/h4-7,15,17,20H,3,8-12H2,1-2H3/t15-,17?/m0/s1. The second-order valence-corrected chi connectivity index (χ2v) is 6.49. The van der Waals surface area contributed by atoms with Gasteiger partial charge in [0.2, 0.25) is 0 Å². The summed E-state index contributed by atoms with van der Waals surface area (Å²) in [6, 6.07) is 6.39. The highest BCUT2D eigenvalue weighted by molar-refractivity contribution is 5.91. The second-order valence-electron chi connectivity index (χ2n) is 6.49. The number of hydrogen-bond donors (Lipinski definition) is 1. The molecule has 1 heterocycles. The van der Waals surface area contributed by atoms with Crippen molar-refractivity contribution in [1.82, 2.24) is 0 Å². The average Bonchev–Trinajstić information content (AvgIpc) is 3.11. The quantitative estimate of drug-likeness (QED) is 0.775. The van der Waals surface area contributed by atoms with Crippen molar-refractivity contribution in [3.8, 4) is 5.75 Å². The Morgan fingerprint density at radius 1 is 1.31 bits per heavy atom. The van der Waals surface area contributed by atoms with Gasteiger partial charge in [0.1, 0.15) is 17.6 Å². The van der Waals surface area contributed by atoms with E-state index in [0.717, 1.165) is 0 Å². The summed E-state index contributed by atoms with van der Waals surface area (Å²) in [7, 11) is 1.59. The minimum atomic E-state index is -0.791. The van der Waals surface area contributed by atoms with Crippen LogP contribution in [0.2, 0.25) is 0 Å². The molecule has 2 atom stereocenters. The number of nitrogens with one attached hydrogen (secondary N) is 1. The molecular formula is C19H25NO6. The molecule has 0 aromatic heterocycles. The van der Waals surface area contributed by atoms with Crippen molar-refractivity contribution in [1.29, 1.82) is 0 Å². The lowest BCUT2D eigenvalue weighted by molar-refractivity contribution is -0.191. The Kier molecular flexibility index (Phi) is 5.78. The molecule has 142 valence electrons. The number of carbonyl (C=O) groups is 2. The summed E-state index contributed by atoms with van der Waals surface area (Å²) < 4.78 is 21.9. The van der Waals surface area contributed by atoms with E-state index >= 15 is 0 Å². The van der Waals surface area contributed by atoms with Gasteiger partial charge in [0.05, 0.1) is 32.8 Å². The largest absolute Gasteiger partial charge is 0.497 e. The Morgan fingerprint density at radius 3 is 2.62 bits per heavy atom. The van der Waals surface area contributed by atoms with E-state index in [-0.39, 0.29) is 12.4 Å². The summed E-state index contributed by atoms with van der Waals surface area (Å²) in [6.45, 7) is 3.02. The molecule has 1 saturated carbocycles. The summed E-state index contributed by atoms with van der Waals surface area (Å²) in [6.07, 6.45) is 1.20. The minimum Gasteiger partial charge on any atom is -0.497 e. The second kappa shape index (κ2) is 8.05. The summed E-state index contributed by atoms with van der Waals surface area (Å²) in [5, 5.41) is 3.16. The number of carbonyl (C=O) groups excluding carboxylic acids is 2. The van der Waals surface area contributed by atoms with Gasteiger partial charge in [-0.1, -0.05) is 0 Å². The zero-order valence-corrected chi connectivity index (χ0v) is 15.2. The van der Waals surface area contributed by atoms with E-state index in [9.17, 15) is 9.59 Å². The molecule has 3 rings (SSSR count). The van der Waals surface area contributed by atoms with E-state index in [1.54, 1.807) is 38.3 Å². The normalized spacial score (nSPS) is 22.8. The molecule has 1 saturated heterocycles. The van der Waals surface area contributed by atoms with Crippen molar-refractivity contribution in [3.05, 3.63) is 24.3 Å². The number of anilines is 1. The molecule has 1 aliphatic heterocycles. The molecule has 7 heteroatoms. The monoisotopic (exact) mass is 363 g/mol. The maximum atomic E-state index is 12.6. The van der Waals surface area contributed by atoms with Crippen LogP contribution in [-0.2, 0) is 23.8 Å². The molecule has 1 aromatic carbocycles. The Hall–Kier alpha value is -2.12. The molecule has 0 bridgehead atoms. The Bertz CT molecular complexity index is 638. The fraction of sp³-hybridized carbons (Fsp3) is 0.579. The lowest BCUT2D eigenvalue weighted by atomic mass is 9.79. The molecule has 0 radical (unpaired) electrons. The van der Waals surface area contributed by atoms with Crippen molar-refractivity contribution in [2.45, 2.75) is 38.0 Å². The molecule has 1 aliphatic carbocycles. The van der Waals surface area contributed by atoms with Crippen LogP contribution in [0.1, 0.15) is 26.2 Å². The Balaban J connectivity index is 1.81. The highest BCUT2D eigenvalue weighted by Crippen LogP contribution is 2.39. The molecule has 1 N–H and O–H groups in total. The van der Waals surface area contributed by atoms with E-state index < -0.39 is 23.7 Å². The third-order valence-electron chi connectivity index (χ3n) is 4.87. The molecule has 1 spiro atoms. The van der Waals surface area contributed by atoms with Crippen LogP contribution in [0.3, 0.4) is 0 Å². The van der Waals surface area contributed by atoms with Crippen molar-refractivity contribution < 1.29 is 28.5 Å². The average molecular weight is 363 g/mol. The Morgan fingerprint density at radius 2 is 2.00 bits per heavy atom. The van der Waals surface area contributed by atoms with Gasteiger partial charge in [-0.05, 0) is 31.2 Å². The third kappa shape index (κ3) is 3.99. The van der Waals surface area contributed by atoms with E-state index in [1.165, 1.54) is 0 Å². The number of ketones is 1. The molecular weight excluding hydrogens is 338 g/mol. The molecule has 2 aliphatic rings. The molecule has 7 nitrogen and oxygen atoms in total. The van der Waals surface area contributed by atoms with Gasteiger partial charge in [-0.3, -0.25) is 4.79 Å². The number of esters is 1. The van der Waals surface area contributed by atoms with Crippen LogP contribution in [-0.4, -0.2) is 50.5 Å². The van der Waals surface area contributed by atoms with Crippen LogP contribution in [0.4, 0.5) is 5.69 Å². The summed E-state index contributed by atoms with van der Waals surface area (Å²) in [4.78, 5) is 25.2. The topological polar surface area (TPSA) is 83.1 Å². The van der Waals surface area contributed by atoms with E-state index in [4.69, 9.17) is 18.9 Å². The van der Waals surface area contributed by atoms with Gasteiger partial charge < -0.3 is 24.3 Å². The van der Waals surface area contributed by atoms with Crippen LogP contribution in [0, 0.1) is 5.92 Å². The predicted molar refractivity (Wildman–Crippen MR) is 94.0 cm³/mol. The van der Waals surface area contributed by atoms with Crippen LogP contribution in [0.25, 0.3) is 0 Å². The van der Waals surface area contributed by atoms with Gasteiger partial charge in [0.15, 0.2) is 5.79 Å². The first-order valence-electron chi connectivity index (χ1n) is 8.95. The maximum absolute atomic E-state index is 12.6. The van der Waals surface area contributed by atoms with Crippen molar-refractivity contribution in [3.63, 3.8) is 0 Å². The first-order valence-corrected chi connectivity index (χ1v) is 8.95. The van der Waals surface area contributed by atoms with E-state index in [2.05, 4.69) is 5.32 Å². The molecule has 0 amide bonds. The summed E-state index contributed by atoms with van der Waals surface area (Å²) in [5.74, 6) is -1.04. The van der Waals surface area contributed by atoms with Crippen LogP contribution >= 0.6 is 0 Å². The minimum absolute atomic E-state index is 0.0220. The van der Waals surface area contributed by atoms with Crippen LogP contribution in [0.5, 0.6) is 5.75 Å². The first kappa shape index (κ1) is 18.7. The lowest BCUT2D eigenvalue weighted by Gasteiger charge is -2.38. The van der Waals surface area contributed by atoms with Crippen molar-refractivity contribution in [2.75, 3.05) is 32.2 Å². The Labute approximate surface area is 152 Å². The van der Waals surface area contributed by atoms with Gasteiger partial charge in [-0.15, -0.1) is 0 Å². The van der Waals surface area contributed by atoms with Crippen molar-refractivity contribution in [2.24, 2.45) is 5.92 Å². The lowest BCUT2D eigenvalue weighted by Crippen LogP contribution is -2.50. The van der Waals surface area contributed by atoms with Crippen molar-refractivity contribution >= 4 is 17.4 Å². The number of Topliss-reactive ketones (excluding diaryl/α,β-unsaturated/α-hetero) is 1. The van der Waals surface area contributed by atoms with Gasteiger partial charge in [-0.2, -0.15) is 0 Å². The zero-order chi connectivity index (χ0) is 18.6. The fourth-order valence-corrected chi connectivity index (χ4v) is 3.54. The summed E-state index contributed by atoms with van der Waals surface area (Å²) in [5.41, 5.74) is 0.713. The van der Waals surface area contributed by atoms with Gasteiger partial charge in [0, 0.05) is 24.9 Å². The zero-order valence-electron chi connectivity index (χ0n) is 15.2. The smallest absolute Gasteiger partial charge is 0.329 e. The first-order chi connectivity index (χ1) is 12.6. The molecule has 26 heavy (non-hydrogen) atoms. The molecule has 2 fully saturated rings. The van der Waals surface area contributed by atoms with Gasteiger partial charge in [-0.25, -0.2) is 4.79 Å². The molecule has 1 unspecified atom stereocenters. The fourth-order valence-electron chi connectivity index (χ4n) is 3.54. The highest BCUT2D eigenvalue weighted by atomic mass is 16.7. The number of benzene rings is 1. The van der Waals surface area contributed by atoms with E-state index in [0.29, 0.717) is 43.9 Å².